The first-order valence-electron chi connectivity index (χ1n) is 9.70. The van der Waals surface area contributed by atoms with Crippen molar-refractivity contribution in [2.24, 2.45) is 0 Å². The zero-order valence-electron chi connectivity index (χ0n) is 18.9. The fraction of sp³-hybridized carbons (Fsp3) is 0.273. The second kappa shape index (κ2) is 12.1. The van der Waals surface area contributed by atoms with Crippen molar-refractivity contribution in [3.05, 3.63) is 41.3 Å². The van der Waals surface area contributed by atoms with Gasteiger partial charge in [0.15, 0.2) is 11.5 Å². The molecule has 0 unspecified atom stereocenters. The van der Waals surface area contributed by atoms with E-state index >= 15 is 0 Å². The number of rotatable bonds is 12. The molecule has 2 aromatic rings. The van der Waals surface area contributed by atoms with Crippen molar-refractivity contribution in [1.82, 2.24) is 0 Å². The third-order valence-corrected chi connectivity index (χ3v) is 5.54. The minimum atomic E-state index is -4.00. The standard InChI is InChI=1S/C22H24ClNO9S/c1-29-15-12-18(31-3)16(19(13-15)32-4)9-10-34(27,28)24-14-5-6-17(30-2)20(11-14)33-22(26)8-7-21(23)25/h5-6,9-13,24H,7-8H2,1-4H3/b10-9+. The van der Waals surface area contributed by atoms with E-state index in [9.17, 15) is 18.0 Å². The Morgan fingerprint density at radius 2 is 1.50 bits per heavy atom. The molecule has 0 aliphatic carbocycles. The van der Waals surface area contributed by atoms with Crippen LogP contribution in [0.25, 0.3) is 6.08 Å². The molecule has 184 valence electrons. The minimum absolute atomic E-state index is 0.0304. The Labute approximate surface area is 202 Å². The molecular weight excluding hydrogens is 490 g/mol. The van der Waals surface area contributed by atoms with Gasteiger partial charge in [0.2, 0.25) is 5.24 Å². The van der Waals surface area contributed by atoms with Crippen molar-refractivity contribution in [1.29, 1.82) is 0 Å². The summed E-state index contributed by atoms with van der Waals surface area (Å²) < 4.78 is 53.8. The Hall–Kier alpha value is -3.44. The summed E-state index contributed by atoms with van der Waals surface area (Å²) in [4.78, 5) is 22.8. The quantitative estimate of drug-likeness (QED) is 0.257. The first kappa shape index (κ1) is 26.8. The highest BCUT2D eigenvalue weighted by Gasteiger charge is 2.16. The third kappa shape index (κ3) is 7.56. The van der Waals surface area contributed by atoms with E-state index in [1.54, 1.807) is 12.1 Å². The fourth-order valence-electron chi connectivity index (χ4n) is 2.75. The van der Waals surface area contributed by atoms with Crippen LogP contribution in [0.3, 0.4) is 0 Å². The van der Waals surface area contributed by atoms with E-state index < -0.39 is 21.2 Å². The Morgan fingerprint density at radius 3 is 2.03 bits per heavy atom. The van der Waals surface area contributed by atoms with Crippen molar-refractivity contribution in [2.45, 2.75) is 12.8 Å². The number of sulfonamides is 1. The number of esters is 1. The van der Waals surface area contributed by atoms with Crippen LogP contribution in [0.5, 0.6) is 28.7 Å². The Balaban J connectivity index is 2.27. The molecule has 0 aliphatic rings. The lowest BCUT2D eigenvalue weighted by atomic mass is 10.1. The van der Waals surface area contributed by atoms with Crippen LogP contribution < -0.4 is 28.4 Å². The maximum atomic E-state index is 12.7. The third-order valence-electron chi connectivity index (χ3n) is 4.34. The molecule has 0 radical (unpaired) electrons. The largest absolute Gasteiger partial charge is 0.496 e. The predicted octanol–water partition coefficient (Wildman–Crippen LogP) is 3.58. The zero-order chi connectivity index (χ0) is 25.3. The predicted molar refractivity (Wildman–Crippen MR) is 126 cm³/mol. The number of hydrogen-bond acceptors (Lipinski definition) is 9. The number of benzene rings is 2. The van der Waals surface area contributed by atoms with Gasteiger partial charge in [-0.2, -0.15) is 0 Å². The Kier molecular flexibility index (Phi) is 9.58. The van der Waals surface area contributed by atoms with Crippen molar-refractivity contribution < 1.29 is 41.7 Å². The van der Waals surface area contributed by atoms with Gasteiger partial charge in [0, 0.05) is 24.6 Å². The van der Waals surface area contributed by atoms with E-state index in [-0.39, 0.29) is 30.0 Å². The van der Waals surface area contributed by atoms with Gasteiger partial charge < -0.3 is 23.7 Å². The molecule has 0 heterocycles. The molecule has 0 fully saturated rings. The highest BCUT2D eigenvalue weighted by atomic mass is 35.5. The van der Waals surface area contributed by atoms with Crippen LogP contribution in [0.1, 0.15) is 18.4 Å². The molecule has 0 atom stereocenters. The van der Waals surface area contributed by atoms with Crippen LogP contribution in [0, 0.1) is 0 Å². The summed E-state index contributed by atoms with van der Waals surface area (Å²) in [5.41, 5.74) is 0.490. The van der Waals surface area contributed by atoms with Gasteiger partial charge in [0.1, 0.15) is 17.2 Å². The van der Waals surface area contributed by atoms with Crippen molar-refractivity contribution in [3.63, 3.8) is 0 Å². The summed E-state index contributed by atoms with van der Waals surface area (Å²) in [7, 11) is 1.70. The average molecular weight is 514 g/mol. The van der Waals surface area contributed by atoms with Gasteiger partial charge in [-0.1, -0.05) is 0 Å². The molecule has 0 saturated carbocycles. The molecule has 0 saturated heterocycles. The fourth-order valence-corrected chi connectivity index (χ4v) is 3.68. The SMILES string of the molecule is COc1cc(OC)c(/C=C/S(=O)(=O)Nc2ccc(OC)c(OC(=O)CCC(=O)Cl)c2)c(OC)c1. The number of halogens is 1. The Bertz CT molecular complexity index is 1150. The van der Waals surface area contributed by atoms with E-state index in [0.29, 0.717) is 22.8 Å². The number of carbonyl (C=O) groups is 2. The normalized spacial score (nSPS) is 11.1. The second-order valence-corrected chi connectivity index (χ2v) is 8.58. The maximum absolute atomic E-state index is 12.7. The van der Waals surface area contributed by atoms with Crippen LogP contribution >= 0.6 is 11.6 Å². The number of methoxy groups -OCH3 is 4. The maximum Gasteiger partial charge on any atom is 0.311 e. The molecule has 1 N–H and O–H groups in total. The first-order chi connectivity index (χ1) is 16.1. The first-order valence-corrected chi connectivity index (χ1v) is 11.6. The van der Waals surface area contributed by atoms with E-state index in [0.717, 1.165) is 5.41 Å². The lowest BCUT2D eigenvalue weighted by Crippen LogP contribution is -2.11. The van der Waals surface area contributed by atoms with E-state index in [1.165, 1.54) is 52.7 Å². The summed E-state index contributed by atoms with van der Waals surface area (Å²) in [5, 5.41) is 0.254. The zero-order valence-corrected chi connectivity index (χ0v) is 20.5. The topological polar surface area (TPSA) is 126 Å². The van der Waals surface area contributed by atoms with Gasteiger partial charge in [-0.3, -0.25) is 14.3 Å². The van der Waals surface area contributed by atoms with E-state index in [4.69, 9.17) is 35.3 Å². The number of hydrogen-bond donors (Lipinski definition) is 1. The molecule has 0 spiro atoms. The average Bonchev–Trinajstić information content (AvgIpc) is 2.80. The van der Waals surface area contributed by atoms with Crippen LogP contribution in [-0.4, -0.2) is 48.1 Å². The van der Waals surface area contributed by atoms with Crippen LogP contribution in [0.4, 0.5) is 5.69 Å². The number of anilines is 1. The minimum Gasteiger partial charge on any atom is -0.496 e. The van der Waals surface area contributed by atoms with Crippen LogP contribution in [0.15, 0.2) is 35.7 Å². The molecule has 34 heavy (non-hydrogen) atoms. The smallest absolute Gasteiger partial charge is 0.311 e. The Morgan fingerprint density at radius 1 is 0.882 bits per heavy atom. The summed E-state index contributed by atoms with van der Waals surface area (Å²) >= 11 is 5.23. The van der Waals surface area contributed by atoms with Gasteiger partial charge in [0.25, 0.3) is 10.0 Å². The van der Waals surface area contributed by atoms with Crippen molar-refractivity contribution in [3.8, 4) is 28.7 Å². The molecule has 2 rings (SSSR count). The van der Waals surface area contributed by atoms with Crippen LogP contribution in [0.2, 0.25) is 0 Å². The molecule has 0 aromatic heterocycles. The summed E-state index contributed by atoms with van der Waals surface area (Å²) in [6.07, 6.45) is 0.876. The molecule has 0 aliphatic heterocycles. The van der Waals surface area contributed by atoms with Crippen molar-refractivity contribution in [2.75, 3.05) is 33.2 Å². The molecule has 0 bridgehead atoms. The van der Waals surface area contributed by atoms with Gasteiger partial charge >= 0.3 is 5.97 Å². The monoisotopic (exact) mass is 513 g/mol. The molecule has 0 amide bonds. The highest BCUT2D eigenvalue weighted by molar-refractivity contribution is 7.95. The van der Waals surface area contributed by atoms with Gasteiger partial charge in [0.05, 0.1) is 51.5 Å². The molecule has 12 heteroatoms. The number of nitrogens with one attached hydrogen (secondary N) is 1. The van der Waals surface area contributed by atoms with Gasteiger partial charge in [-0.25, -0.2) is 8.42 Å². The van der Waals surface area contributed by atoms with Gasteiger partial charge in [-0.15, -0.1) is 0 Å². The molecule has 2 aromatic carbocycles. The van der Waals surface area contributed by atoms with Crippen molar-refractivity contribution >= 4 is 44.6 Å². The number of carbonyl (C=O) groups excluding carboxylic acids is 2. The molecule has 10 nitrogen and oxygen atoms in total. The summed E-state index contributed by atoms with van der Waals surface area (Å²) in [5.74, 6) is 0.593. The highest BCUT2D eigenvalue weighted by Crippen LogP contribution is 2.35. The van der Waals surface area contributed by atoms with Gasteiger partial charge in [-0.05, 0) is 29.8 Å². The lowest BCUT2D eigenvalue weighted by molar-refractivity contribution is -0.135. The second-order valence-electron chi connectivity index (χ2n) is 6.59. The van der Waals surface area contributed by atoms with Crippen LogP contribution in [-0.2, 0) is 19.6 Å². The lowest BCUT2D eigenvalue weighted by Gasteiger charge is -2.13. The molecular formula is C22H24ClNO9S. The summed E-state index contributed by atoms with van der Waals surface area (Å²) in [6.45, 7) is 0. The number of ether oxygens (including phenoxy) is 5. The summed E-state index contributed by atoms with van der Waals surface area (Å²) in [6, 6.07) is 7.30. The van der Waals surface area contributed by atoms with E-state index in [1.807, 2.05) is 0 Å². The van der Waals surface area contributed by atoms with E-state index in [2.05, 4.69) is 4.72 Å².